The number of hydrogen-bond donors (Lipinski definition) is 2. The van der Waals surface area contributed by atoms with E-state index in [1.165, 1.54) is 7.05 Å². The number of carbonyl (C=O) groups excluding carboxylic acids is 1. The van der Waals surface area contributed by atoms with Crippen molar-refractivity contribution in [2.75, 3.05) is 0 Å². The molecule has 7 nitrogen and oxygen atoms in total. The van der Waals surface area contributed by atoms with E-state index >= 15 is 0 Å². The lowest BCUT2D eigenvalue weighted by molar-refractivity contribution is -0.145. The molecule has 1 aliphatic rings. The third-order valence-corrected chi connectivity index (χ3v) is 4.64. The number of nitrogens with one attached hydrogen (secondary N) is 1. The number of rotatable bonds is 3. The first-order valence-corrected chi connectivity index (χ1v) is 7.96. The number of aryl methyl sites for hydroxylation is 1. The van der Waals surface area contributed by atoms with Gasteiger partial charge in [0.15, 0.2) is 5.69 Å². The molecule has 1 aromatic carbocycles. The molecule has 1 aliphatic carbocycles. The summed E-state index contributed by atoms with van der Waals surface area (Å²) in [5.41, 5.74) is -1.49. The Morgan fingerprint density at radius 1 is 1.17 bits per heavy atom. The normalized spacial score (nSPS) is 16.7. The van der Waals surface area contributed by atoms with Crippen LogP contribution in [0.3, 0.4) is 0 Å². The fraction of sp³-hybridized carbons (Fsp3) is 0.412. The molecule has 1 heterocycles. The average molecular weight is 329 g/mol. The lowest BCUT2D eigenvalue weighted by Crippen LogP contribution is -2.55. The minimum absolute atomic E-state index is 0.0684. The maximum Gasteiger partial charge on any atom is 0.329 e. The van der Waals surface area contributed by atoms with E-state index in [4.69, 9.17) is 0 Å². The molecule has 0 unspecified atom stereocenters. The zero-order valence-corrected chi connectivity index (χ0v) is 13.4. The summed E-state index contributed by atoms with van der Waals surface area (Å²) in [4.78, 5) is 36.6. The van der Waals surface area contributed by atoms with Gasteiger partial charge in [0.25, 0.3) is 11.5 Å². The monoisotopic (exact) mass is 329 g/mol. The Kier molecular flexibility index (Phi) is 4.09. The fourth-order valence-electron chi connectivity index (χ4n) is 3.29. The van der Waals surface area contributed by atoms with Crippen LogP contribution in [0.5, 0.6) is 0 Å². The number of carbonyl (C=O) groups is 2. The SMILES string of the molecule is Cn1nc(C(=O)NC2(C(=O)O)CCCCC2)c2ccccc2c1=O. The number of carboxylic acids is 1. The molecular formula is C17H19N3O4. The number of hydrogen-bond acceptors (Lipinski definition) is 4. The number of carboxylic acid groups (broad SMARTS) is 1. The molecule has 0 aliphatic heterocycles. The van der Waals surface area contributed by atoms with Gasteiger partial charge in [-0.05, 0) is 18.9 Å². The van der Waals surface area contributed by atoms with Crippen molar-refractivity contribution in [1.29, 1.82) is 0 Å². The van der Waals surface area contributed by atoms with Gasteiger partial charge in [-0.3, -0.25) is 9.59 Å². The lowest BCUT2D eigenvalue weighted by Gasteiger charge is -2.33. The van der Waals surface area contributed by atoms with Crippen LogP contribution in [-0.4, -0.2) is 32.3 Å². The van der Waals surface area contributed by atoms with Crippen LogP contribution in [0.1, 0.15) is 42.6 Å². The summed E-state index contributed by atoms with van der Waals surface area (Å²) in [5, 5.41) is 17.1. The number of benzene rings is 1. The van der Waals surface area contributed by atoms with Crippen molar-refractivity contribution in [3.05, 3.63) is 40.3 Å². The van der Waals surface area contributed by atoms with Crippen LogP contribution >= 0.6 is 0 Å². The third kappa shape index (κ3) is 2.66. The molecule has 126 valence electrons. The molecule has 3 rings (SSSR count). The average Bonchev–Trinajstić information content (AvgIpc) is 2.58. The van der Waals surface area contributed by atoms with Gasteiger partial charge in [0.05, 0.1) is 5.39 Å². The Hall–Kier alpha value is -2.70. The zero-order valence-electron chi connectivity index (χ0n) is 13.4. The second-order valence-corrected chi connectivity index (χ2v) is 6.22. The molecule has 1 aromatic heterocycles. The second-order valence-electron chi connectivity index (χ2n) is 6.22. The highest BCUT2D eigenvalue weighted by Crippen LogP contribution is 2.29. The number of nitrogens with zero attached hydrogens (tertiary/aromatic N) is 2. The zero-order chi connectivity index (χ0) is 17.3. The number of amides is 1. The molecule has 0 radical (unpaired) electrons. The molecule has 0 bridgehead atoms. The Balaban J connectivity index is 2.04. The van der Waals surface area contributed by atoms with Crippen LogP contribution in [0.15, 0.2) is 29.1 Å². The molecule has 0 spiro atoms. The second kappa shape index (κ2) is 6.07. The number of aliphatic carboxylic acids is 1. The van der Waals surface area contributed by atoms with Crippen molar-refractivity contribution in [2.24, 2.45) is 7.05 Å². The minimum atomic E-state index is -1.26. The molecule has 2 aromatic rings. The van der Waals surface area contributed by atoms with E-state index in [0.717, 1.165) is 23.9 Å². The van der Waals surface area contributed by atoms with Crippen LogP contribution in [0.4, 0.5) is 0 Å². The van der Waals surface area contributed by atoms with Gasteiger partial charge in [0.1, 0.15) is 5.54 Å². The van der Waals surface area contributed by atoms with Crippen molar-refractivity contribution < 1.29 is 14.7 Å². The first kappa shape index (κ1) is 16.2. The van der Waals surface area contributed by atoms with Crippen molar-refractivity contribution in [2.45, 2.75) is 37.6 Å². The van der Waals surface area contributed by atoms with Gasteiger partial charge in [-0.15, -0.1) is 0 Å². The predicted molar refractivity (Wildman–Crippen MR) is 87.9 cm³/mol. The fourth-order valence-corrected chi connectivity index (χ4v) is 3.29. The van der Waals surface area contributed by atoms with E-state index in [1.54, 1.807) is 24.3 Å². The summed E-state index contributed by atoms with van der Waals surface area (Å²) >= 11 is 0. The van der Waals surface area contributed by atoms with E-state index in [9.17, 15) is 19.5 Å². The summed E-state index contributed by atoms with van der Waals surface area (Å²) < 4.78 is 1.10. The van der Waals surface area contributed by atoms with E-state index in [1.807, 2.05) is 0 Å². The Labute approximate surface area is 138 Å². The standard InChI is InChI=1S/C17H19N3O4/c1-20-15(22)12-8-4-3-7-11(12)13(19-20)14(21)18-17(16(23)24)9-5-2-6-10-17/h3-4,7-8H,2,5-6,9-10H2,1H3,(H,18,21)(H,23,24). The first-order valence-electron chi connectivity index (χ1n) is 7.96. The van der Waals surface area contributed by atoms with Crippen LogP contribution in [0, 0.1) is 0 Å². The summed E-state index contributed by atoms with van der Waals surface area (Å²) in [6.07, 6.45) is 3.28. The van der Waals surface area contributed by atoms with Gasteiger partial charge in [-0.1, -0.05) is 37.5 Å². The molecule has 0 atom stereocenters. The van der Waals surface area contributed by atoms with Gasteiger partial charge in [0, 0.05) is 12.4 Å². The Morgan fingerprint density at radius 2 is 1.79 bits per heavy atom. The molecule has 7 heteroatoms. The van der Waals surface area contributed by atoms with E-state index in [-0.39, 0.29) is 11.3 Å². The topological polar surface area (TPSA) is 101 Å². The quantitative estimate of drug-likeness (QED) is 0.887. The van der Waals surface area contributed by atoms with Crippen LogP contribution in [0.25, 0.3) is 10.8 Å². The smallest absolute Gasteiger partial charge is 0.329 e. The van der Waals surface area contributed by atoms with E-state index in [2.05, 4.69) is 10.4 Å². The molecule has 0 saturated heterocycles. The molecule has 1 saturated carbocycles. The lowest BCUT2D eigenvalue weighted by atomic mass is 9.81. The Bertz CT molecular complexity index is 866. The number of aromatic nitrogens is 2. The van der Waals surface area contributed by atoms with Gasteiger partial charge < -0.3 is 10.4 Å². The summed E-state index contributed by atoms with van der Waals surface area (Å²) in [6, 6.07) is 6.70. The van der Waals surface area contributed by atoms with Crippen LogP contribution in [-0.2, 0) is 11.8 Å². The molecular weight excluding hydrogens is 310 g/mol. The largest absolute Gasteiger partial charge is 0.480 e. The van der Waals surface area contributed by atoms with Crippen molar-refractivity contribution in [3.63, 3.8) is 0 Å². The molecule has 1 fully saturated rings. The minimum Gasteiger partial charge on any atom is -0.480 e. The molecule has 2 N–H and O–H groups in total. The highest BCUT2D eigenvalue weighted by molar-refractivity contribution is 6.06. The predicted octanol–water partition coefficient (Wildman–Crippen LogP) is 1.45. The maximum absolute atomic E-state index is 12.7. The van der Waals surface area contributed by atoms with Crippen molar-refractivity contribution in [1.82, 2.24) is 15.1 Å². The van der Waals surface area contributed by atoms with Gasteiger partial charge in [-0.25, -0.2) is 9.48 Å². The maximum atomic E-state index is 12.7. The summed E-state index contributed by atoms with van der Waals surface area (Å²) in [7, 11) is 1.47. The van der Waals surface area contributed by atoms with Crippen molar-refractivity contribution >= 4 is 22.6 Å². The summed E-state index contributed by atoms with van der Waals surface area (Å²) in [5.74, 6) is -1.59. The van der Waals surface area contributed by atoms with Crippen molar-refractivity contribution in [3.8, 4) is 0 Å². The number of fused-ring (bicyclic) bond motifs is 1. The van der Waals surface area contributed by atoms with Gasteiger partial charge >= 0.3 is 5.97 Å². The third-order valence-electron chi connectivity index (χ3n) is 4.64. The molecule has 1 amide bonds. The summed E-state index contributed by atoms with van der Waals surface area (Å²) in [6.45, 7) is 0. The van der Waals surface area contributed by atoms with Crippen LogP contribution < -0.4 is 10.9 Å². The highest BCUT2D eigenvalue weighted by Gasteiger charge is 2.41. The van der Waals surface area contributed by atoms with E-state index < -0.39 is 17.4 Å². The highest BCUT2D eigenvalue weighted by atomic mass is 16.4. The Morgan fingerprint density at radius 3 is 2.42 bits per heavy atom. The van der Waals surface area contributed by atoms with Gasteiger partial charge in [-0.2, -0.15) is 5.10 Å². The van der Waals surface area contributed by atoms with E-state index in [0.29, 0.717) is 23.6 Å². The first-order chi connectivity index (χ1) is 11.4. The molecule has 24 heavy (non-hydrogen) atoms. The van der Waals surface area contributed by atoms with Crippen LogP contribution in [0.2, 0.25) is 0 Å². The van der Waals surface area contributed by atoms with Gasteiger partial charge in [0.2, 0.25) is 0 Å².